The van der Waals surface area contributed by atoms with Gasteiger partial charge in [0.25, 0.3) is 5.91 Å². The minimum atomic E-state index is -0.0500. The molecule has 0 aliphatic carbocycles. The van der Waals surface area contributed by atoms with Gasteiger partial charge in [0.1, 0.15) is 0 Å². The van der Waals surface area contributed by atoms with E-state index in [1.165, 1.54) is 6.20 Å². The van der Waals surface area contributed by atoms with Gasteiger partial charge in [-0.05, 0) is 24.6 Å². The Bertz CT molecular complexity index is 497. The SMILES string of the molecule is NCCCN(Cc1cccnc1)C(=O)c1cn[nH]c1. The third-order valence-corrected chi connectivity index (χ3v) is 2.76. The van der Waals surface area contributed by atoms with Crippen molar-refractivity contribution in [3.05, 3.63) is 48.0 Å². The molecule has 2 heterocycles. The number of nitrogens with two attached hydrogens (primary N) is 1. The number of nitrogens with one attached hydrogen (secondary N) is 1. The fraction of sp³-hybridized carbons (Fsp3) is 0.308. The third-order valence-electron chi connectivity index (χ3n) is 2.76. The van der Waals surface area contributed by atoms with Gasteiger partial charge in [0.2, 0.25) is 0 Å². The van der Waals surface area contributed by atoms with Crippen molar-refractivity contribution in [1.29, 1.82) is 0 Å². The second-order valence-electron chi connectivity index (χ2n) is 4.22. The minimum absolute atomic E-state index is 0.0500. The van der Waals surface area contributed by atoms with E-state index < -0.39 is 0 Å². The van der Waals surface area contributed by atoms with Gasteiger partial charge in [-0.3, -0.25) is 14.9 Å². The molecule has 3 N–H and O–H groups in total. The highest BCUT2D eigenvalue weighted by Gasteiger charge is 2.16. The molecule has 0 aliphatic rings. The van der Waals surface area contributed by atoms with Crippen molar-refractivity contribution in [2.75, 3.05) is 13.1 Å². The fourth-order valence-corrected chi connectivity index (χ4v) is 1.80. The van der Waals surface area contributed by atoms with E-state index in [1.807, 2.05) is 12.1 Å². The van der Waals surface area contributed by atoms with Gasteiger partial charge in [0.15, 0.2) is 0 Å². The van der Waals surface area contributed by atoms with Crippen LogP contribution >= 0.6 is 0 Å². The smallest absolute Gasteiger partial charge is 0.257 e. The van der Waals surface area contributed by atoms with Crippen LogP contribution in [0.4, 0.5) is 0 Å². The van der Waals surface area contributed by atoms with Crippen molar-refractivity contribution in [2.24, 2.45) is 5.73 Å². The Morgan fingerprint density at radius 1 is 1.42 bits per heavy atom. The number of aromatic nitrogens is 3. The Balaban J connectivity index is 2.09. The number of H-pyrrole nitrogens is 1. The number of hydrogen-bond donors (Lipinski definition) is 2. The first-order valence-electron chi connectivity index (χ1n) is 6.18. The molecule has 2 aromatic rings. The Hall–Kier alpha value is -2.21. The maximum atomic E-state index is 12.3. The van der Waals surface area contributed by atoms with Gasteiger partial charge in [-0.1, -0.05) is 6.07 Å². The van der Waals surface area contributed by atoms with Crippen molar-refractivity contribution < 1.29 is 4.79 Å². The molecule has 0 aromatic carbocycles. The van der Waals surface area contributed by atoms with Crippen molar-refractivity contribution in [1.82, 2.24) is 20.1 Å². The molecular weight excluding hydrogens is 242 g/mol. The molecule has 0 saturated carbocycles. The molecule has 0 radical (unpaired) electrons. The molecule has 2 aromatic heterocycles. The molecule has 2 rings (SSSR count). The van der Waals surface area contributed by atoms with Crippen LogP contribution < -0.4 is 5.73 Å². The standard InChI is InChI=1S/C13H17N5O/c14-4-2-6-18(10-11-3-1-5-15-7-11)13(19)12-8-16-17-9-12/h1,3,5,7-9H,2,4,6,10,14H2,(H,16,17). The van der Waals surface area contributed by atoms with E-state index in [0.717, 1.165) is 12.0 Å². The summed E-state index contributed by atoms with van der Waals surface area (Å²) in [6.45, 7) is 1.70. The summed E-state index contributed by atoms with van der Waals surface area (Å²) in [6, 6.07) is 3.81. The molecule has 6 heteroatoms. The number of aromatic amines is 1. The first-order valence-corrected chi connectivity index (χ1v) is 6.18. The number of carbonyl (C=O) groups is 1. The predicted molar refractivity (Wildman–Crippen MR) is 71.2 cm³/mol. The van der Waals surface area contributed by atoms with Crippen LogP contribution in [0.25, 0.3) is 0 Å². The zero-order chi connectivity index (χ0) is 13.5. The van der Waals surface area contributed by atoms with E-state index >= 15 is 0 Å². The molecule has 0 fully saturated rings. The molecule has 100 valence electrons. The van der Waals surface area contributed by atoms with Gasteiger partial charge in [0, 0.05) is 31.7 Å². The van der Waals surface area contributed by atoms with Crippen LogP contribution in [0, 0.1) is 0 Å². The topological polar surface area (TPSA) is 87.9 Å². The zero-order valence-electron chi connectivity index (χ0n) is 10.6. The molecule has 0 aliphatic heterocycles. The lowest BCUT2D eigenvalue weighted by Gasteiger charge is -2.21. The predicted octanol–water partition coefficient (Wildman–Crippen LogP) is 0.796. The van der Waals surface area contributed by atoms with Crippen LogP contribution in [0.3, 0.4) is 0 Å². The summed E-state index contributed by atoms with van der Waals surface area (Å²) in [5, 5.41) is 6.45. The van der Waals surface area contributed by atoms with Crippen LogP contribution in [-0.4, -0.2) is 39.1 Å². The Morgan fingerprint density at radius 2 is 2.32 bits per heavy atom. The molecule has 0 unspecified atom stereocenters. The number of nitrogens with zero attached hydrogens (tertiary/aromatic N) is 3. The summed E-state index contributed by atoms with van der Waals surface area (Å²) >= 11 is 0. The van der Waals surface area contributed by atoms with Gasteiger partial charge in [0.05, 0.1) is 11.8 Å². The van der Waals surface area contributed by atoms with Crippen LogP contribution in [0.15, 0.2) is 36.9 Å². The van der Waals surface area contributed by atoms with E-state index in [0.29, 0.717) is 25.2 Å². The normalized spacial score (nSPS) is 10.4. The number of hydrogen-bond acceptors (Lipinski definition) is 4. The van der Waals surface area contributed by atoms with Gasteiger partial charge in [-0.15, -0.1) is 0 Å². The Morgan fingerprint density at radius 3 is 2.95 bits per heavy atom. The molecule has 1 amide bonds. The number of pyridine rings is 1. The van der Waals surface area contributed by atoms with Gasteiger partial charge in [-0.25, -0.2) is 0 Å². The maximum Gasteiger partial charge on any atom is 0.257 e. The summed E-state index contributed by atoms with van der Waals surface area (Å²) in [6.07, 6.45) is 7.37. The lowest BCUT2D eigenvalue weighted by molar-refractivity contribution is 0.0742. The average molecular weight is 259 g/mol. The van der Waals surface area contributed by atoms with Crippen LogP contribution in [0.2, 0.25) is 0 Å². The quantitative estimate of drug-likeness (QED) is 0.803. The molecular formula is C13H17N5O. The number of amides is 1. The van der Waals surface area contributed by atoms with E-state index in [1.54, 1.807) is 23.5 Å². The summed E-state index contributed by atoms with van der Waals surface area (Å²) in [4.78, 5) is 18.1. The highest BCUT2D eigenvalue weighted by molar-refractivity contribution is 5.93. The summed E-state index contributed by atoms with van der Waals surface area (Å²) in [5.41, 5.74) is 7.07. The highest BCUT2D eigenvalue weighted by Crippen LogP contribution is 2.08. The molecule has 0 saturated heterocycles. The van der Waals surface area contributed by atoms with E-state index in [4.69, 9.17) is 5.73 Å². The van der Waals surface area contributed by atoms with E-state index in [9.17, 15) is 4.79 Å². The molecule has 0 spiro atoms. The van der Waals surface area contributed by atoms with Crippen LogP contribution in [0.5, 0.6) is 0 Å². The molecule has 0 bridgehead atoms. The first kappa shape index (κ1) is 13.2. The summed E-state index contributed by atoms with van der Waals surface area (Å²) in [5.74, 6) is -0.0500. The summed E-state index contributed by atoms with van der Waals surface area (Å²) < 4.78 is 0. The number of carbonyl (C=O) groups excluding carboxylic acids is 1. The first-order chi connectivity index (χ1) is 9.31. The van der Waals surface area contributed by atoms with Crippen LogP contribution in [0.1, 0.15) is 22.3 Å². The van der Waals surface area contributed by atoms with Gasteiger partial charge < -0.3 is 10.6 Å². The Kier molecular flexibility index (Phi) is 4.63. The van der Waals surface area contributed by atoms with Crippen molar-refractivity contribution in [2.45, 2.75) is 13.0 Å². The summed E-state index contributed by atoms with van der Waals surface area (Å²) in [7, 11) is 0. The van der Waals surface area contributed by atoms with E-state index in [2.05, 4.69) is 15.2 Å². The van der Waals surface area contributed by atoms with Crippen molar-refractivity contribution in [3.63, 3.8) is 0 Å². The second kappa shape index (κ2) is 6.65. The maximum absolute atomic E-state index is 12.3. The minimum Gasteiger partial charge on any atom is -0.334 e. The molecule has 19 heavy (non-hydrogen) atoms. The molecule has 0 atom stereocenters. The van der Waals surface area contributed by atoms with Gasteiger partial charge in [-0.2, -0.15) is 5.10 Å². The lowest BCUT2D eigenvalue weighted by Crippen LogP contribution is -2.32. The monoisotopic (exact) mass is 259 g/mol. The highest BCUT2D eigenvalue weighted by atomic mass is 16.2. The van der Waals surface area contributed by atoms with E-state index in [-0.39, 0.29) is 5.91 Å². The molecule has 6 nitrogen and oxygen atoms in total. The van der Waals surface area contributed by atoms with Crippen molar-refractivity contribution >= 4 is 5.91 Å². The van der Waals surface area contributed by atoms with Crippen molar-refractivity contribution in [3.8, 4) is 0 Å². The zero-order valence-corrected chi connectivity index (χ0v) is 10.6. The third kappa shape index (κ3) is 3.62. The fourth-order valence-electron chi connectivity index (χ4n) is 1.80. The van der Waals surface area contributed by atoms with Gasteiger partial charge >= 0.3 is 0 Å². The largest absolute Gasteiger partial charge is 0.334 e. The lowest BCUT2D eigenvalue weighted by atomic mass is 10.2. The average Bonchev–Trinajstić information content (AvgIpc) is 2.98. The van der Waals surface area contributed by atoms with Crippen LogP contribution in [-0.2, 0) is 6.54 Å². The number of rotatable bonds is 6. The Labute approximate surface area is 111 Å². The second-order valence-corrected chi connectivity index (χ2v) is 4.22.